The number of halogens is 2. The molecule has 0 bridgehead atoms. The lowest BCUT2D eigenvalue weighted by molar-refractivity contribution is 0.0827. The van der Waals surface area contributed by atoms with Crippen LogP contribution in [0.5, 0.6) is 5.75 Å². The molecule has 0 spiro atoms. The molecule has 2 aromatic rings. The number of likely N-dealkylation sites (N-methyl/N-ethyl adjacent to an activating group) is 1. The molecule has 1 N–H and O–H groups in total. The molecule has 0 aliphatic rings. The molecule has 0 saturated heterocycles. The predicted octanol–water partition coefficient (Wildman–Crippen LogP) is 3.75. The molecule has 0 atom stereocenters. The van der Waals surface area contributed by atoms with E-state index in [1.165, 1.54) is 0 Å². The van der Waals surface area contributed by atoms with E-state index in [0.29, 0.717) is 30.3 Å². The normalized spacial score (nSPS) is 10.7. The predicted molar refractivity (Wildman–Crippen MR) is 130 cm³/mol. The molecular formula is C21H28ClIN4O2. The summed E-state index contributed by atoms with van der Waals surface area (Å²) in [6, 6.07) is 14.9. The number of benzene rings is 2. The Morgan fingerprint density at radius 1 is 1.07 bits per heavy atom. The Hall–Kier alpha value is -2.00. The average Bonchev–Trinajstić information content (AvgIpc) is 2.70. The van der Waals surface area contributed by atoms with Gasteiger partial charge in [-0.05, 0) is 42.0 Å². The number of rotatable bonds is 7. The van der Waals surface area contributed by atoms with Crippen molar-refractivity contribution in [1.29, 1.82) is 0 Å². The zero-order valence-corrected chi connectivity index (χ0v) is 20.3. The number of nitrogens with zero attached hydrogens (tertiary/aromatic N) is 3. The van der Waals surface area contributed by atoms with E-state index in [-0.39, 0.29) is 29.9 Å². The first-order chi connectivity index (χ1) is 13.4. The number of carbonyl (C=O) groups is 1. The zero-order chi connectivity index (χ0) is 20.5. The fourth-order valence-corrected chi connectivity index (χ4v) is 2.65. The molecule has 8 heteroatoms. The van der Waals surface area contributed by atoms with Crippen molar-refractivity contribution >= 4 is 47.4 Å². The van der Waals surface area contributed by atoms with Gasteiger partial charge in [0.05, 0.1) is 6.54 Å². The number of hydrogen-bond donors (Lipinski definition) is 1. The molecule has 6 nitrogen and oxygen atoms in total. The molecule has 0 aromatic heterocycles. The van der Waals surface area contributed by atoms with Crippen molar-refractivity contribution in [3.63, 3.8) is 0 Å². The van der Waals surface area contributed by atoms with E-state index in [1.807, 2.05) is 48.3 Å². The Balaban J connectivity index is 0.00000420. The third-order valence-corrected chi connectivity index (χ3v) is 4.39. The van der Waals surface area contributed by atoms with Gasteiger partial charge in [-0.15, -0.1) is 24.0 Å². The Morgan fingerprint density at radius 3 is 2.24 bits per heavy atom. The SMILES string of the molecule is CN=C(NCc1ccc(C(=O)N(C)C)cc1)N(C)CCOc1ccc(Cl)cc1.I. The topological polar surface area (TPSA) is 57.2 Å². The third kappa shape index (κ3) is 8.10. The number of amides is 1. The van der Waals surface area contributed by atoms with Crippen molar-refractivity contribution in [2.75, 3.05) is 41.3 Å². The van der Waals surface area contributed by atoms with Crippen molar-refractivity contribution in [2.45, 2.75) is 6.54 Å². The minimum Gasteiger partial charge on any atom is -0.492 e. The van der Waals surface area contributed by atoms with Gasteiger partial charge in [-0.1, -0.05) is 23.7 Å². The number of nitrogens with one attached hydrogen (secondary N) is 1. The molecule has 0 aliphatic carbocycles. The summed E-state index contributed by atoms with van der Waals surface area (Å²) < 4.78 is 5.72. The van der Waals surface area contributed by atoms with E-state index in [4.69, 9.17) is 16.3 Å². The van der Waals surface area contributed by atoms with Crippen LogP contribution in [-0.4, -0.2) is 63.0 Å². The van der Waals surface area contributed by atoms with E-state index < -0.39 is 0 Å². The zero-order valence-electron chi connectivity index (χ0n) is 17.2. The molecule has 0 fully saturated rings. The minimum absolute atomic E-state index is 0. The minimum atomic E-state index is -0.00394. The Morgan fingerprint density at radius 2 is 1.69 bits per heavy atom. The van der Waals surface area contributed by atoms with E-state index in [1.54, 1.807) is 38.2 Å². The van der Waals surface area contributed by atoms with Gasteiger partial charge in [-0.3, -0.25) is 9.79 Å². The smallest absolute Gasteiger partial charge is 0.253 e. The first-order valence-corrected chi connectivity index (χ1v) is 9.39. The highest BCUT2D eigenvalue weighted by Crippen LogP contribution is 2.15. The van der Waals surface area contributed by atoms with Crippen LogP contribution in [0.25, 0.3) is 0 Å². The number of hydrogen-bond acceptors (Lipinski definition) is 3. The summed E-state index contributed by atoms with van der Waals surface area (Å²) in [6.45, 7) is 1.82. The van der Waals surface area contributed by atoms with Crippen LogP contribution in [0.3, 0.4) is 0 Å². The summed E-state index contributed by atoms with van der Waals surface area (Å²) in [7, 11) is 7.19. The van der Waals surface area contributed by atoms with Crippen LogP contribution in [-0.2, 0) is 6.54 Å². The number of guanidine groups is 1. The number of aliphatic imine (C=N–C) groups is 1. The second-order valence-corrected chi connectivity index (χ2v) is 6.96. The van der Waals surface area contributed by atoms with Gasteiger partial charge in [0.2, 0.25) is 0 Å². The molecule has 0 saturated carbocycles. The van der Waals surface area contributed by atoms with Crippen LogP contribution in [0.4, 0.5) is 0 Å². The van der Waals surface area contributed by atoms with Gasteiger partial charge in [0.25, 0.3) is 5.91 Å². The molecule has 2 aromatic carbocycles. The highest BCUT2D eigenvalue weighted by atomic mass is 127. The molecule has 0 heterocycles. The molecule has 158 valence electrons. The third-order valence-electron chi connectivity index (χ3n) is 4.14. The summed E-state index contributed by atoms with van der Waals surface area (Å²) in [5, 5.41) is 4.01. The highest BCUT2D eigenvalue weighted by Gasteiger charge is 2.09. The van der Waals surface area contributed by atoms with Gasteiger partial charge in [0, 0.05) is 45.3 Å². The summed E-state index contributed by atoms with van der Waals surface area (Å²) in [4.78, 5) is 19.8. The summed E-state index contributed by atoms with van der Waals surface area (Å²) in [5.41, 5.74) is 1.75. The van der Waals surface area contributed by atoms with E-state index in [2.05, 4.69) is 10.3 Å². The van der Waals surface area contributed by atoms with Crippen LogP contribution in [0.2, 0.25) is 5.02 Å². The fraction of sp³-hybridized carbons (Fsp3) is 0.333. The second kappa shape index (κ2) is 12.5. The maximum Gasteiger partial charge on any atom is 0.253 e. The van der Waals surface area contributed by atoms with Crippen LogP contribution in [0, 0.1) is 0 Å². The lowest BCUT2D eigenvalue weighted by Crippen LogP contribution is -2.40. The van der Waals surface area contributed by atoms with Crippen LogP contribution in [0.1, 0.15) is 15.9 Å². The molecule has 0 aliphatic heterocycles. The largest absolute Gasteiger partial charge is 0.492 e. The van der Waals surface area contributed by atoms with Crippen LogP contribution < -0.4 is 10.1 Å². The Labute approximate surface area is 194 Å². The summed E-state index contributed by atoms with van der Waals surface area (Å²) >= 11 is 5.87. The van der Waals surface area contributed by atoms with Crippen molar-refractivity contribution in [2.24, 2.45) is 4.99 Å². The first-order valence-electron chi connectivity index (χ1n) is 9.01. The van der Waals surface area contributed by atoms with E-state index in [9.17, 15) is 4.79 Å². The molecule has 2 rings (SSSR count). The summed E-state index contributed by atoms with van der Waals surface area (Å²) in [6.07, 6.45) is 0. The van der Waals surface area contributed by atoms with Gasteiger partial charge in [0.15, 0.2) is 5.96 Å². The number of carbonyl (C=O) groups excluding carboxylic acids is 1. The molecule has 29 heavy (non-hydrogen) atoms. The van der Waals surface area contributed by atoms with Gasteiger partial charge in [-0.25, -0.2) is 0 Å². The van der Waals surface area contributed by atoms with Crippen molar-refractivity contribution < 1.29 is 9.53 Å². The number of ether oxygens (including phenoxy) is 1. The van der Waals surface area contributed by atoms with Gasteiger partial charge >= 0.3 is 0 Å². The van der Waals surface area contributed by atoms with Gasteiger partial charge in [-0.2, -0.15) is 0 Å². The monoisotopic (exact) mass is 530 g/mol. The second-order valence-electron chi connectivity index (χ2n) is 6.52. The van der Waals surface area contributed by atoms with Gasteiger partial charge in [0.1, 0.15) is 12.4 Å². The molecule has 0 unspecified atom stereocenters. The maximum atomic E-state index is 11.9. The first kappa shape index (κ1) is 25.0. The molecular weight excluding hydrogens is 503 g/mol. The van der Waals surface area contributed by atoms with Crippen molar-refractivity contribution in [3.8, 4) is 5.75 Å². The van der Waals surface area contributed by atoms with Crippen LogP contribution >= 0.6 is 35.6 Å². The van der Waals surface area contributed by atoms with E-state index >= 15 is 0 Å². The lowest BCUT2D eigenvalue weighted by Gasteiger charge is -2.22. The maximum absolute atomic E-state index is 11.9. The van der Waals surface area contributed by atoms with Crippen molar-refractivity contribution in [3.05, 3.63) is 64.7 Å². The molecule has 1 amide bonds. The standard InChI is InChI=1S/C21H27ClN4O2.HI/c1-23-21(26(4)13-14-28-19-11-9-18(22)10-12-19)24-15-16-5-7-17(8-6-16)20(27)25(2)3;/h5-12H,13-15H2,1-4H3,(H,23,24);1H. The Kier molecular flexibility index (Phi) is 10.8. The average molecular weight is 531 g/mol. The van der Waals surface area contributed by atoms with E-state index in [0.717, 1.165) is 17.3 Å². The fourth-order valence-electron chi connectivity index (χ4n) is 2.53. The highest BCUT2D eigenvalue weighted by molar-refractivity contribution is 14.0. The quantitative estimate of drug-likeness (QED) is 0.337. The van der Waals surface area contributed by atoms with Crippen molar-refractivity contribution in [1.82, 2.24) is 15.1 Å². The van der Waals surface area contributed by atoms with Crippen LogP contribution in [0.15, 0.2) is 53.5 Å². The molecule has 0 radical (unpaired) electrons. The van der Waals surface area contributed by atoms with Gasteiger partial charge < -0.3 is 19.9 Å². The Bertz CT molecular complexity index is 795. The summed E-state index contributed by atoms with van der Waals surface area (Å²) in [5.74, 6) is 1.55. The lowest BCUT2D eigenvalue weighted by atomic mass is 10.1.